The lowest BCUT2D eigenvalue weighted by molar-refractivity contribution is -0.138. The highest BCUT2D eigenvalue weighted by molar-refractivity contribution is 7.98. The molecule has 0 radical (unpaired) electrons. The molecule has 1 atom stereocenters. The summed E-state index contributed by atoms with van der Waals surface area (Å²) in [6.07, 6.45) is 1.98. The molecule has 0 saturated heterocycles. The minimum atomic E-state index is -0.937. The van der Waals surface area contributed by atoms with Crippen molar-refractivity contribution in [1.82, 2.24) is 4.90 Å². The van der Waals surface area contributed by atoms with Crippen LogP contribution in [0, 0.1) is 11.3 Å². The van der Waals surface area contributed by atoms with Crippen LogP contribution >= 0.6 is 11.8 Å². The fourth-order valence-corrected chi connectivity index (χ4v) is 1.93. The quantitative estimate of drug-likeness (QED) is 0.810. The van der Waals surface area contributed by atoms with Crippen LogP contribution in [0.4, 0.5) is 0 Å². The number of carbonyl (C=O) groups is 1. The largest absolute Gasteiger partial charge is 0.480 e. The van der Waals surface area contributed by atoms with Gasteiger partial charge in [-0.1, -0.05) is 12.1 Å². The molecule has 5 heteroatoms. The summed E-state index contributed by atoms with van der Waals surface area (Å²) in [5.74, 6) is -0.937. The second-order valence-electron chi connectivity index (χ2n) is 3.61. The Hall–Kier alpha value is -1.51. The maximum atomic E-state index is 10.6. The molecule has 0 amide bonds. The Kier molecular flexibility index (Phi) is 5.01. The maximum absolute atomic E-state index is 10.6. The standard InChI is InChI=1S/C12H14N2O2S/c1-14(8-12(15)16)11(7-13)9-3-5-10(17-2)6-4-9/h3-6,11H,8H2,1-2H3,(H,15,16). The normalized spacial score (nSPS) is 12.1. The number of aliphatic carboxylic acids is 1. The molecule has 1 N–H and O–H groups in total. The monoisotopic (exact) mass is 250 g/mol. The molecule has 0 fully saturated rings. The molecular weight excluding hydrogens is 236 g/mol. The predicted octanol–water partition coefficient (Wildman–Crippen LogP) is 1.99. The molecule has 0 aromatic heterocycles. The molecule has 1 rings (SSSR count). The summed E-state index contributed by atoms with van der Waals surface area (Å²) in [5, 5.41) is 17.8. The molecule has 0 aliphatic heterocycles. The van der Waals surface area contributed by atoms with Crippen LogP contribution < -0.4 is 0 Å². The van der Waals surface area contributed by atoms with E-state index in [1.165, 1.54) is 4.90 Å². The summed E-state index contributed by atoms with van der Waals surface area (Å²) in [6, 6.07) is 9.17. The number of benzene rings is 1. The van der Waals surface area contributed by atoms with E-state index in [2.05, 4.69) is 6.07 Å². The number of hydrogen-bond acceptors (Lipinski definition) is 4. The van der Waals surface area contributed by atoms with Gasteiger partial charge in [0.25, 0.3) is 0 Å². The number of nitrogens with zero attached hydrogens (tertiary/aromatic N) is 2. The van der Waals surface area contributed by atoms with Crippen LogP contribution in [0.5, 0.6) is 0 Å². The lowest BCUT2D eigenvalue weighted by Crippen LogP contribution is -2.29. The second-order valence-corrected chi connectivity index (χ2v) is 4.49. The number of nitriles is 1. The van der Waals surface area contributed by atoms with Crippen molar-refractivity contribution < 1.29 is 9.90 Å². The zero-order valence-corrected chi connectivity index (χ0v) is 10.6. The zero-order valence-electron chi connectivity index (χ0n) is 9.75. The van der Waals surface area contributed by atoms with Gasteiger partial charge in [-0.3, -0.25) is 9.69 Å². The van der Waals surface area contributed by atoms with Crippen molar-refractivity contribution in [3.8, 4) is 6.07 Å². The van der Waals surface area contributed by atoms with E-state index < -0.39 is 12.0 Å². The van der Waals surface area contributed by atoms with E-state index in [-0.39, 0.29) is 6.54 Å². The summed E-state index contributed by atoms with van der Waals surface area (Å²) >= 11 is 1.63. The Balaban J connectivity index is 2.86. The minimum Gasteiger partial charge on any atom is -0.480 e. The summed E-state index contributed by atoms with van der Waals surface area (Å²) in [4.78, 5) is 13.2. The summed E-state index contributed by atoms with van der Waals surface area (Å²) in [7, 11) is 1.63. The first-order valence-electron chi connectivity index (χ1n) is 5.04. The number of carboxylic acid groups (broad SMARTS) is 1. The smallest absolute Gasteiger partial charge is 0.317 e. The van der Waals surface area contributed by atoms with Crippen molar-refractivity contribution in [2.24, 2.45) is 0 Å². The van der Waals surface area contributed by atoms with E-state index in [9.17, 15) is 4.79 Å². The van der Waals surface area contributed by atoms with Crippen LogP contribution in [-0.2, 0) is 4.79 Å². The van der Waals surface area contributed by atoms with Crippen molar-refractivity contribution >= 4 is 17.7 Å². The van der Waals surface area contributed by atoms with Gasteiger partial charge in [-0.25, -0.2) is 0 Å². The van der Waals surface area contributed by atoms with E-state index in [0.717, 1.165) is 10.5 Å². The Labute approximate surface area is 105 Å². The Bertz CT molecular complexity index is 425. The van der Waals surface area contributed by atoms with Gasteiger partial charge in [-0.15, -0.1) is 11.8 Å². The van der Waals surface area contributed by atoms with E-state index in [4.69, 9.17) is 10.4 Å². The van der Waals surface area contributed by atoms with Gasteiger partial charge < -0.3 is 5.11 Å². The van der Waals surface area contributed by atoms with Gasteiger partial charge in [0.05, 0.1) is 12.6 Å². The lowest BCUT2D eigenvalue weighted by atomic mass is 10.1. The molecule has 1 unspecified atom stereocenters. The van der Waals surface area contributed by atoms with E-state index >= 15 is 0 Å². The highest BCUT2D eigenvalue weighted by Crippen LogP contribution is 2.22. The summed E-state index contributed by atoms with van der Waals surface area (Å²) in [5.41, 5.74) is 0.814. The topological polar surface area (TPSA) is 64.3 Å². The van der Waals surface area contributed by atoms with E-state index in [1.807, 2.05) is 30.5 Å². The number of rotatable bonds is 5. The van der Waals surface area contributed by atoms with Gasteiger partial charge >= 0.3 is 5.97 Å². The SMILES string of the molecule is CSc1ccc(C(C#N)N(C)CC(=O)O)cc1. The van der Waals surface area contributed by atoms with Crippen LogP contribution in [-0.4, -0.2) is 35.8 Å². The highest BCUT2D eigenvalue weighted by Gasteiger charge is 2.18. The summed E-state index contributed by atoms with van der Waals surface area (Å²) < 4.78 is 0. The molecule has 1 aromatic rings. The molecule has 0 aliphatic carbocycles. The molecule has 90 valence electrons. The first-order chi connectivity index (χ1) is 8.08. The van der Waals surface area contributed by atoms with Crippen molar-refractivity contribution in [2.75, 3.05) is 19.8 Å². The molecule has 17 heavy (non-hydrogen) atoms. The molecule has 0 spiro atoms. The zero-order chi connectivity index (χ0) is 12.8. The van der Waals surface area contributed by atoms with Gasteiger partial charge in [0.2, 0.25) is 0 Å². The van der Waals surface area contributed by atoms with Crippen molar-refractivity contribution in [1.29, 1.82) is 5.26 Å². The van der Waals surface area contributed by atoms with Gasteiger partial charge in [0.1, 0.15) is 6.04 Å². The molecule has 0 bridgehead atoms. The average molecular weight is 250 g/mol. The fourth-order valence-electron chi connectivity index (χ4n) is 1.52. The first-order valence-corrected chi connectivity index (χ1v) is 6.26. The van der Waals surface area contributed by atoms with Crippen LogP contribution in [0.25, 0.3) is 0 Å². The lowest BCUT2D eigenvalue weighted by Gasteiger charge is -2.20. The Morgan fingerprint density at radius 2 is 2.12 bits per heavy atom. The molecule has 0 aliphatic rings. The first kappa shape index (κ1) is 13.6. The van der Waals surface area contributed by atoms with Gasteiger partial charge in [-0.2, -0.15) is 5.26 Å². The third-order valence-corrected chi connectivity index (χ3v) is 3.12. The Morgan fingerprint density at radius 1 is 1.53 bits per heavy atom. The summed E-state index contributed by atoms with van der Waals surface area (Å²) in [6.45, 7) is -0.150. The van der Waals surface area contributed by atoms with Gasteiger partial charge in [0.15, 0.2) is 0 Å². The molecule has 4 nitrogen and oxygen atoms in total. The molecule has 0 heterocycles. The predicted molar refractivity (Wildman–Crippen MR) is 66.8 cm³/mol. The van der Waals surface area contributed by atoms with Crippen molar-refractivity contribution in [2.45, 2.75) is 10.9 Å². The fraction of sp³-hybridized carbons (Fsp3) is 0.333. The number of thioether (sulfide) groups is 1. The Morgan fingerprint density at radius 3 is 2.53 bits per heavy atom. The maximum Gasteiger partial charge on any atom is 0.317 e. The third-order valence-electron chi connectivity index (χ3n) is 2.38. The van der Waals surface area contributed by atoms with Crippen LogP contribution in [0.3, 0.4) is 0 Å². The van der Waals surface area contributed by atoms with Crippen LogP contribution in [0.1, 0.15) is 11.6 Å². The second kappa shape index (κ2) is 6.28. The number of likely N-dealkylation sites (N-methyl/N-ethyl adjacent to an activating group) is 1. The van der Waals surface area contributed by atoms with E-state index in [0.29, 0.717) is 0 Å². The van der Waals surface area contributed by atoms with Crippen molar-refractivity contribution in [3.63, 3.8) is 0 Å². The van der Waals surface area contributed by atoms with Crippen LogP contribution in [0.2, 0.25) is 0 Å². The van der Waals surface area contributed by atoms with Gasteiger partial charge in [0, 0.05) is 4.90 Å². The average Bonchev–Trinajstić information content (AvgIpc) is 2.30. The van der Waals surface area contributed by atoms with E-state index in [1.54, 1.807) is 18.8 Å². The van der Waals surface area contributed by atoms with Crippen LogP contribution in [0.15, 0.2) is 29.2 Å². The molecule has 1 aromatic carbocycles. The number of carboxylic acids is 1. The van der Waals surface area contributed by atoms with Crippen molar-refractivity contribution in [3.05, 3.63) is 29.8 Å². The number of hydrogen-bond donors (Lipinski definition) is 1. The molecular formula is C12H14N2O2S. The molecule has 0 saturated carbocycles. The third kappa shape index (κ3) is 3.77. The minimum absolute atomic E-state index is 0.150. The van der Waals surface area contributed by atoms with Gasteiger partial charge in [-0.05, 0) is 31.0 Å². The highest BCUT2D eigenvalue weighted by atomic mass is 32.2.